The standard InChI is InChI=1S/C24H34O2/c1-8-21-22(10-9-17(6)11-23(25)26)24(21,7)20-13-18(15(2)3)12-19(14-20)16(4)5/h9-16,21-22H,8H2,1-7H3,(H,25,26)/b10-9+,17-11+. The molecule has 1 aromatic rings. The molecule has 3 unspecified atom stereocenters. The first kappa shape index (κ1) is 20.5. The predicted octanol–water partition coefficient (Wildman–Crippen LogP) is 6.43. The highest BCUT2D eigenvalue weighted by atomic mass is 16.4. The average Bonchev–Trinajstić information content (AvgIpc) is 3.16. The van der Waals surface area contributed by atoms with Crippen LogP contribution in [0, 0.1) is 11.8 Å². The van der Waals surface area contributed by atoms with Crippen molar-refractivity contribution < 1.29 is 9.90 Å². The molecule has 26 heavy (non-hydrogen) atoms. The van der Waals surface area contributed by atoms with Crippen molar-refractivity contribution >= 4 is 5.97 Å². The van der Waals surface area contributed by atoms with Gasteiger partial charge in [0, 0.05) is 11.5 Å². The van der Waals surface area contributed by atoms with Crippen LogP contribution in [0.1, 0.15) is 83.4 Å². The molecule has 1 aliphatic rings. The molecule has 3 atom stereocenters. The zero-order chi connectivity index (χ0) is 19.6. The van der Waals surface area contributed by atoms with E-state index in [1.165, 1.54) is 22.8 Å². The van der Waals surface area contributed by atoms with Crippen LogP contribution in [0.5, 0.6) is 0 Å². The molecule has 1 aromatic carbocycles. The van der Waals surface area contributed by atoms with E-state index in [-0.39, 0.29) is 5.41 Å². The maximum absolute atomic E-state index is 10.8. The third-order valence-electron chi connectivity index (χ3n) is 6.08. The fourth-order valence-corrected chi connectivity index (χ4v) is 4.21. The second-order valence-electron chi connectivity index (χ2n) is 8.61. The molecule has 0 radical (unpaired) electrons. The fraction of sp³-hybridized carbons (Fsp3) is 0.542. The molecular formula is C24H34O2. The summed E-state index contributed by atoms with van der Waals surface area (Å²) in [5.41, 5.74) is 5.20. The van der Waals surface area contributed by atoms with Crippen LogP contribution in [0.2, 0.25) is 0 Å². The maximum Gasteiger partial charge on any atom is 0.328 e. The van der Waals surface area contributed by atoms with Gasteiger partial charge in [-0.15, -0.1) is 0 Å². The lowest BCUT2D eigenvalue weighted by Crippen LogP contribution is -2.09. The van der Waals surface area contributed by atoms with Gasteiger partial charge in [0.25, 0.3) is 0 Å². The fourth-order valence-electron chi connectivity index (χ4n) is 4.21. The molecule has 2 heteroatoms. The van der Waals surface area contributed by atoms with Gasteiger partial charge in [0.15, 0.2) is 0 Å². The molecular weight excluding hydrogens is 320 g/mol. The van der Waals surface area contributed by atoms with Crippen LogP contribution in [0.25, 0.3) is 0 Å². The van der Waals surface area contributed by atoms with Crippen LogP contribution in [0.4, 0.5) is 0 Å². The van der Waals surface area contributed by atoms with Gasteiger partial charge < -0.3 is 5.11 Å². The van der Waals surface area contributed by atoms with Gasteiger partial charge in [-0.25, -0.2) is 4.79 Å². The monoisotopic (exact) mass is 354 g/mol. The van der Waals surface area contributed by atoms with Crippen molar-refractivity contribution in [2.24, 2.45) is 11.8 Å². The van der Waals surface area contributed by atoms with Crippen LogP contribution in [-0.4, -0.2) is 11.1 Å². The van der Waals surface area contributed by atoms with Crippen molar-refractivity contribution in [2.45, 2.75) is 72.1 Å². The van der Waals surface area contributed by atoms with Gasteiger partial charge in [0.05, 0.1) is 0 Å². The van der Waals surface area contributed by atoms with E-state index in [0.717, 1.165) is 12.0 Å². The summed E-state index contributed by atoms with van der Waals surface area (Å²) in [6.07, 6.45) is 6.60. The second kappa shape index (κ2) is 7.82. The number of allylic oxidation sites excluding steroid dienone is 3. The van der Waals surface area contributed by atoms with Crippen molar-refractivity contribution in [3.05, 3.63) is 58.7 Å². The molecule has 1 fully saturated rings. The Labute approximate surface area is 159 Å². The zero-order valence-electron chi connectivity index (χ0n) is 17.3. The van der Waals surface area contributed by atoms with Crippen LogP contribution in [0.3, 0.4) is 0 Å². The van der Waals surface area contributed by atoms with Crippen molar-refractivity contribution in [1.29, 1.82) is 0 Å². The van der Waals surface area contributed by atoms with Crippen molar-refractivity contribution in [3.63, 3.8) is 0 Å². The highest BCUT2D eigenvalue weighted by Crippen LogP contribution is 2.62. The third-order valence-corrected chi connectivity index (χ3v) is 6.08. The lowest BCUT2D eigenvalue weighted by Gasteiger charge is -2.19. The summed E-state index contributed by atoms with van der Waals surface area (Å²) in [6.45, 7) is 15.5. The number of benzene rings is 1. The van der Waals surface area contributed by atoms with E-state index in [4.69, 9.17) is 5.11 Å². The summed E-state index contributed by atoms with van der Waals surface area (Å²) in [5, 5.41) is 8.90. The average molecular weight is 355 g/mol. The van der Waals surface area contributed by atoms with Crippen LogP contribution in [-0.2, 0) is 10.2 Å². The van der Waals surface area contributed by atoms with Gasteiger partial charge in [-0.2, -0.15) is 0 Å². The van der Waals surface area contributed by atoms with Gasteiger partial charge in [-0.1, -0.05) is 78.3 Å². The number of carboxylic acid groups (broad SMARTS) is 1. The summed E-state index contributed by atoms with van der Waals surface area (Å²) in [5.74, 6) is 1.23. The van der Waals surface area contributed by atoms with E-state index in [1.54, 1.807) is 0 Å². The molecule has 0 aromatic heterocycles. The number of aliphatic carboxylic acids is 1. The molecule has 1 N–H and O–H groups in total. The summed E-state index contributed by atoms with van der Waals surface area (Å²) < 4.78 is 0. The number of hydrogen-bond acceptors (Lipinski definition) is 1. The summed E-state index contributed by atoms with van der Waals surface area (Å²) in [4.78, 5) is 10.8. The van der Waals surface area contributed by atoms with E-state index in [2.05, 4.69) is 65.8 Å². The first-order chi connectivity index (χ1) is 12.1. The Morgan fingerprint density at radius 3 is 2.12 bits per heavy atom. The van der Waals surface area contributed by atoms with Gasteiger partial charge in [-0.05, 0) is 52.9 Å². The van der Waals surface area contributed by atoms with Crippen molar-refractivity contribution in [3.8, 4) is 0 Å². The predicted molar refractivity (Wildman–Crippen MR) is 110 cm³/mol. The van der Waals surface area contributed by atoms with E-state index in [0.29, 0.717) is 23.7 Å². The summed E-state index contributed by atoms with van der Waals surface area (Å²) in [7, 11) is 0. The Morgan fingerprint density at radius 2 is 1.69 bits per heavy atom. The molecule has 1 aliphatic carbocycles. The number of carbonyl (C=O) groups is 1. The van der Waals surface area contributed by atoms with E-state index in [9.17, 15) is 4.79 Å². The smallest absolute Gasteiger partial charge is 0.328 e. The number of hydrogen-bond donors (Lipinski definition) is 1. The van der Waals surface area contributed by atoms with Crippen LogP contribution in [0.15, 0.2) is 42.0 Å². The van der Waals surface area contributed by atoms with Crippen LogP contribution >= 0.6 is 0 Å². The van der Waals surface area contributed by atoms with Gasteiger partial charge in [0.2, 0.25) is 0 Å². The minimum absolute atomic E-state index is 0.142. The minimum Gasteiger partial charge on any atom is -0.478 e. The van der Waals surface area contributed by atoms with E-state index < -0.39 is 5.97 Å². The van der Waals surface area contributed by atoms with Crippen LogP contribution < -0.4 is 0 Å². The number of rotatable bonds is 7. The Morgan fingerprint density at radius 1 is 1.15 bits per heavy atom. The van der Waals surface area contributed by atoms with Gasteiger partial charge >= 0.3 is 5.97 Å². The topological polar surface area (TPSA) is 37.3 Å². The molecule has 0 bridgehead atoms. The number of carboxylic acids is 1. The second-order valence-corrected chi connectivity index (χ2v) is 8.61. The van der Waals surface area contributed by atoms with E-state index in [1.807, 2.05) is 13.0 Å². The van der Waals surface area contributed by atoms with E-state index >= 15 is 0 Å². The molecule has 2 rings (SSSR count). The summed E-state index contributed by atoms with van der Waals surface area (Å²) in [6, 6.07) is 7.15. The Kier molecular flexibility index (Phi) is 6.16. The first-order valence-electron chi connectivity index (χ1n) is 9.86. The molecule has 0 saturated heterocycles. The Balaban J connectivity index is 2.39. The third kappa shape index (κ3) is 4.11. The quantitative estimate of drug-likeness (QED) is 0.452. The lowest BCUT2D eigenvalue weighted by atomic mass is 9.85. The van der Waals surface area contributed by atoms with Gasteiger partial charge in [-0.3, -0.25) is 0 Å². The molecule has 0 spiro atoms. The molecule has 142 valence electrons. The normalized spacial score (nSPS) is 26.1. The molecule has 2 nitrogen and oxygen atoms in total. The molecule has 0 aliphatic heterocycles. The SMILES string of the molecule is CCC1C(/C=C/C(C)=C/C(=O)O)C1(C)c1cc(C(C)C)cc(C(C)C)c1. The molecule has 0 heterocycles. The van der Waals surface area contributed by atoms with Crippen molar-refractivity contribution in [1.82, 2.24) is 0 Å². The Bertz CT molecular complexity index is 697. The largest absolute Gasteiger partial charge is 0.478 e. The minimum atomic E-state index is -0.885. The van der Waals surface area contributed by atoms with Crippen molar-refractivity contribution in [2.75, 3.05) is 0 Å². The van der Waals surface area contributed by atoms with Gasteiger partial charge in [0.1, 0.15) is 0 Å². The first-order valence-corrected chi connectivity index (χ1v) is 9.86. The zero-order valence-corrected chi connectivity index (χ0v) is 17.3. The lowest BCUT2D eigenvalue weighted by molar-refractivity contribution is -0.131. The Hall–Kier alpha value is -1.83. The summed E-state index contributed by atoms with van der Waals surface area (Å²) >= 11 is 0. The maximum atomic E-state index is 10.8. The molecule has 1 saturated carbocycles. The highest BCUT2D eigenvalue weighted by Gasteiger charge is 2.59. The highest BCUT2D eigenvalue weighted by molar-refractivity contribution is 5.81. The molecule has 0 amide bonds.